The Labute approximate surface area is 232 Å². The van der Waals surface area contributed by atoms with Gasteiger partial charge in [0.15, 0.2) is 17.4 Å². The SMILES string of the molecule is O=C(O)c1cccc(Sc2c(C3CC3)n(CC(=O)C3CC34CNc3ccccc34)c3c(F)c(Cl)ccc23)c1F. The summed E-state index contributed by atoms with van der Waals surface area (Å²) in [5.41, 5.74) is 2.57. The number of anilines is 1. The third-order valence-electron chi connectivity index (χ3n) is 8.31. The van der Waals surface area contributed by atoms with Crippen LogP contribution in [-0.4, -0.2) is 28.0 Å². The molecule has 2 unspecified atom stereocenters. The van der Waals surface area contributed by atoms with E-state index in [1.54, 1.807) is 10.6 Å². The molecule has 2 N–H and O–H groups in total. The van der Waals surface area contributed by atoms with Crippen LogP contribution in [0.15, 0.2) is 64.4 Å². The maximum atomic E-state index is 15.6. The van der Waals surface area contributed by atoms with Crippen LogP contribution in [0.3, 0.4) is 0 Å². The molecule has 2 saturated carbocycles. The van der Waals surface area contributed by atoms with Crippen molar-refractivity contribution in [3.8, 4) is 0 Å². The number of para-hydroxylation sites is 1. The van der Waals surface area contributed by atoms with E-state index in [1.165, 1.54) is 24.3 Å². The Morgan fingerprint density at radius 1 is 1.08 bits per heavy atom. The van der Waals surface area contributed by atoms with Crippen LogP contribution in [0, 0.1) is 17.6 Å². The molecule has 7 rings (SSSR count). The maximum absolute atomic E-state index is 15.6. The second-order valence-corrected chi connectivity index (χ2v) is 12.1. The van der Waals surface area contributed by atoms with Crippen molar-refractivity contribution in [2.45, 2.75) is 46.9 Å². The number of aromatic nitrogens is 1. The van der Waals surface area contributed by atoms with E-state index in [1.807, 2.05) is 18.2 Å². The molecule has 1 aromatic heterocycles. The summed E-state index contributed by atoms with van der Waals surface area (Å²) in [5, 5.41) is 13.3. The number of ketones is 1. The van der Waals surface area contributed by atoms with Crippen molar-refractivity contribution in [3.05, 3.63) is 88.1 Å². The highest BCUT2D eigenvalue weighted by Gasteiger charge is 2.61. The number of hydrogen-bond acceptors (Lipinski definition) is 4. The Hall–Kier alpha value is -3.36. The van der Waals surface area contributed by atoms with Gasteiger partial charge in [0, 0.05) is 50.4 Å². The highest BCUT2D eigenvalue weighted by molar-refractivity contribution is 7.99. The molecule has 1 aliphatic heterocycles. The number of carboxylic acids is 1. The van der Waals surface area contributed by atoms with Gasteiger partial charge in [0.2, 0.25) is 0 Å². The summed E-state index contributed by atoms with van der Waals surface area (Å²) in [6, 6.07) is 15.4. The Morgan fingerprint density at radius 3 is 2.64 bits per heavy atom. The zero-order valence-corrected chi connectivity index (χ0v) is 22.2. The first-order chi connectivity index (χ1) is 18.8. The van der Waals surface area contributed by atoms with Crippen LogP contribution in [0.1, 0.15) is 46.8 Å². The summed E-state index contributed by atoms with van der Waals surface area (Å²) in [4.78, 5) is 26.1. The van der Waals surface area contributed by atoms with Gasteiger partial charge in [-0.05, 0) is 55.2 Å². The fourth-order valence-electron chi connectivity index (χ4n) is 6.17. The molecule has 0 saturated heterocycles. The summed E-state index contributed by atoms with van der Waals surface area (Å²) in [6.45, 7) is 0.692. The molecule has 2 heterocycles. The third-order valence-corrected chi connectivity index (χ3v) is 9.77. The zero-order valence-electron chi connectivity index (χ0n) is 20.6. The van der Waals surface area contributed by atoms with Crippen molar-refractivity contribution >= 4 is 51.7 Å². The first-order valence-electron chi connectivity index (χ1n) is 12.9. The molecule has 2 atom stereocenters. The molecule has 1 spiro atoms. The van der Waals surface area contributed by atoms with Gasteiger partial charge >= 0.3 is 5.97 Å². The molecule has 2 aliphatic carbocycles. The molecule has 0 bridgehead atoms. The predicted octanol–water partition coefficient (Wildman–Crippen LogP) is 7.25. The molecule has 39 heavy (non-hydrogen) atoms. The van der Waals surface area contributed by atoms with Crippen molar-refractivity contribution in [1.82, 2.24) is 4.57 Å². The Morgan fingerprint density at radius 2 is 1.87 bits per heavy atom. The van der Waals surface area contributed by atoms with Gasteiger partial charge in [-0.2, -0.15) is 0 Å². The number of fused-ring (bicyclic) bond motifs is 3. The Balaban J connectivity index is 1.32. The molecule has 0 amide bonds. The van der Waals surface area contributed by atoms with E-state index in [0.717, 1.165) is 48.0 Å². The topological polar surface area (TPSA) is 71.3 Å². The minimum Gasteiger partial charge on any atom is -0.478 e. The molecule has 198 valence electrons. The highest BCUT2D eigenvalue weighted by Crippen LogP contribution is 2.60. The van der Waals surface area contributed by atoms with Crippen molar-refractivity contribution in [2.75, 3.05) is 11.9 Å². The number of Topliss-reactive ketones (excluding diaryl/α,β-unsaturated/α-hetero) is 1. The lowest BCUT2D eigenvalue weighted by Gasteiger charge is -2.14. The van der Waals surface area contributed by atoms with E-state index in [4.69, 9.17) is 11.6 Å². The minimum absolute atomic E-state index is 0.00755. The van der Waals surface area contributed by atoms with E-state index in [-0.39, 0.29) is 45.0 Å². The van der Waals surface area contributed by atoms with E-state index >= 15 is 8.78 Å². The maximum Gasteiger partial charge on any atom is 0.338 e. The molecule has 4 aromatic rings. The first-order valence-corrected chi connectivity index (χ1v) is 14.1. The van der Waals surface area contributed by atoms with Crippen LogP contribution in [0.4, 0.5) is 14.5 Å². The van der Waals surface area contributed by atoms with Crippen LogP contribution in [-0.2, 0) is 16.8 Å². The lowest BCUT2D eigenvalue weighted by Crippen LogP contribution is -2.21. The molecular formula is C30H23ClF2N2O3S. The number of rotatable bonds is 7. The van der Waals surface area contributed by atoms with Crippen molar-refractivity contribution < 1.29 is 23.5 Å². The van der Waals surface area contributed by atoms with Gasteiger partial charge in [0.05, 0.1) is 22.6 Å². The fourth-order valence-corrected chi connectivity index (χ4v) is 7.55. The number of carbonyl (C=O) groups is 2. The number of carbonyl (C=O) groups excluding carboxylic acids is 1. The highest BCUT2D eigenvalue weighted by atomic mass is 35.5. The average Bonchev–Trinajstić information content (AvgIpc) is 3.82. The van der Waals surface area contributed by atoms with Gasteiger partial charge < -0.3 is 15.0 Å². The number of halogens is 3. The van der Waals surface area contributed by atoms with Gasteiger partial charge in [-0.15, -0.1) is 0 Å². The second kappa shape index (κ2) is 8.83. The lowest BCUT2D eigenvalue weighted by molar-refractivity contribution is -0.121. The quantitative estimate of drug-likeness (QED) is 0.247. The van der Waals surface area contributed by atoms with Crippen molar-refractivity contribution in [2.24, 2.45) is 5.92 Å². The van der Waals surface area contributed by atoms with E-state index in [9.17, 15) is 14.7 Å². The number of nitrogens with zero attached hydrogens (tertiary/aromatic N) is 1. The number of nitrogens with one attached hydrogen (secondary N) is 1. The summed E-state index contributed by atoms with van der Waals surface area (Å²) < 4.78 is 32.6. The molecule has 3 aromatic carbocycles. The molecule has 3 aliphatic rings. The van der Waals surface area contributed by atoms with Gasteiger partial charge in [-0.3, -0.25) is 4.79 Å². The summed E-state index contributed by atoms with van der Waals surface area (Å²) in [7, 11) is 0. The van der Waals surface area contributed by atoms with Gasteiger partial charge in [0.25, 0.3) is 0 Å². The molecule has 0 radical (unpaired) electrons. The molecule has 2 fully saturated rings. The molecule has 5 nitrogen and oxygen atoms in total. The predicted molar refractivity (Wildman–Crippen MR) is 146 cm³/mol. The zero-order chi connectivity index (χ0) is 27.1. The fraction of sp³-hybridized carbons (Fsp3) is 0.267. The monoisotopic (exact) mass is 564 g/mol. The third kappa shape index (κ3) is 3.79. The minimum atomic E-state index is -1.36. The normalized spacial score (nSPS) is 21.3. The van der Waals surface area contributed by atoms with Gasteiger partial charge in [0.1, 0.15) is 0 Å². The van der Waals surface area contributed by atoms with Gasteiger partial charge in [-0.1, -0.05) is 47.6 Å². The van der Waals surface area contributed by atoms with E-state index < -0.39 is 23.2 Å². The smallest absolute Gasteiger partial charge is 0.338 e. The van der Waals surface area contributed by atoms with Crippen molar-refractivity contribution in [3.63, 3.8) is 0 Å². The Bertz CT molecular complexity index is 1720. The van der Waals surface area contributed by atoms with Crippen LogP contribution < -0.4 is 5.32 Å². The number of hydrogen-bond donors (Lipinski definition) is 2. The molecule has 9 heteroatoms. The Kier molecular flexibility index (Phi) is 5.58. The van der Waals surface area contributed by atoms with Crippen LogP contribution in [0.5, 0.6) is 0 Å². The number of benzene rings is 3. The summed E-state index contributed by atoms with van der Waals surface area (Å²) in [5.74, 6) is -2.86. The number of carboxylic acid groups (broad SMARTS) is 1. The van der Waals surface area contributed by atoms with Crippen molar-refractivity contribution in [1.29, 1.82) is 0 Å². The average molecular weight is 565 g/mol. The van der Waals surface area contributed by atoms with Crippen LogP contribution in [0.2, 0.25) is 5.02 Å². The van der Waals surface area contributed by atoms with Crippen LogP contribution in [0.25, 0.3) is 10.9 Å². The van der Waals surface area contributed by atoms with Crippen LogP contribution >= 0.6 is 23.4 Å². The second-order valence-electron chi connectivity index (χ2n) is 10.6. The molecular weight excluding hydrogens is 542 g/mol. The summed E-state index contributed by atoms with van der Waals surface area (Å²) in [6.07, 6.45) is 2.48. The van der Waals surface area contributed by atoms with Gasteiger partial charge in [-0.25, -0.2) is 13.6 Å². The first kappa shape index (κ1) is 24.7. The standard InChI is InChI=1S/C30H23ClF2N2O3S/c31-20-11-10-17-27(25(20)33)35(13-22(36)19-12-30(19)14-34-21-6-2-1-5-18(21)30)26(15-8-9-15)28(17)39-23-7-3-4-16(24(23)32)29(37)38/h1-7,10-11,15,19,34H,8-9,12-14H2,(H,37,38). The lowest BCUT2D eigenvalue weighted by atomic mass is 9.94. The largest absolute Gasteiger partial charge is 0.478 e. The number of aromatic carboxylic acids is 1. The van der Waals surface area contributed by atoms with E-state index in [0.29, 0.717) is 16.8 Å². The summed E-state index contributed by atoms with van der Waals surface area (Å²) >= 11 is 7.29. The van der Waals surface area contributed by atoms with E-state index in [2.05, 4.69) is 11.4 Å².